The molecule has 3 fully saturated rings. The second kappa shape index (κ2) is 39.4. The van der Waals surface area contributed by atoms with E-state index in [0.717, 1.165) is 158 Å². The second-order valence-corrected chi connectivity index (χ2v) is 36.3. The summed E-state index contributed by atoms with van der Waals surface area (Å²) in [5.74, 6) is -1.04. The van der Waals surface area contributed by atoms with Gasteiger partial charge in [-0.1, -0.05) is 119 Å². The van der Waals surface area contributed by atoms with Crippen LogP contribution in [0, 0.1) is 6.92 Å². The van der Waals surface area contributed by atoms with Crippen molar-refractivity contribution < 1.29 is 37.1 Å². The van der Waals surface area contributed by atoms with Crippen LogP contribution in [0.5, 0.6) is 0 Å². The van der Waals surface area contributed by atoms with Crippen LogP contribution in [0.4, 0.5) is 13.2 Å². The minimum absolute atomic E-state index is 0.0302. The molecule has 1 aliphatic heterocycles. The van der Waals surface area contributed by atoms with Crippen molar-refractivity contribution in [1.29, 1.82) is 0 Å². The molecule has 0 bridgehead atoms. The monoisotopic (exact) mass is 1950 g/mol. The molecule has 0 spiro atoms. The van der Waals surface area contributed by atoms with Crippen LogP contribution in [-0.4, -0.2) is 118 Å². The zero-order valence-corrected chi connectivity index (χ0v) is 78.1. The summed E-state index contributed by atoms with van der Waals surface area (Å²) in [6.45, 7) is 2.77. The number of hydrogen-bond acceptors (Lipinski definition) is 13. The van der Waals surface area contributed by atoms with Crippen LogP contribution in [0.1, 0.15) is 72.7 Å². The minimum atomic E-state index is -4.51. The normalized spacial score (nSPS) is 13.0. The van der Waals surface area contributed by atoms with Crippen LogP contribution in [-0.2, 0) is 4.74 Å². The Balaban J connectivity index is 0.000000115. The topological polar surface area (TPSA) is 256 Å². The van der Waals surface area contributed by atoms with E-state index in [1.807, 2.05) is 194 Å². The summed E-state index contributed by atoms with van der Waals surface area (Å²) in [6.07, 6.45) is 6.67. The van der Waals surface area contributed by atoms with Gasteiger partial charge in [-0.15, -0.1) is 0 Å². The highest BCUT2D eigenvalue weighted by Gasteiger charge is 2.30. The van der Waals surface area contributed by atoms with E-state index < -0.39 is 18.6 Å². The van der Waals surface area contributed by atoms with E-state index in [2.05, 4.69) is 48.8 Å². The second-order valence-electron chi connectivity index (χ2n) is 34.6. The Morgan fingerprint density at radius 1 is 0.340 bits per heavy atom. The number of pyridine rings is 8. The lowest BCUT2D eigenvalue weighted by atomic mass is 10.0. The van der Waals surface area contributed by atoms with Gasteiger partial charge in [-0.2, -0.15) is 13.2 Å². The van der Waals surface area contributed by atoms with E-state index in [1.165, 1.54) is 34.9 Å². The molecule has 12 aromatic carbocycles. The molecular weight excluding hydrogens is 1870 g/mol. The lowest BCUT2D eigenvalue weighted by molar-refractivity contribution is -0.123. The molecule has 2 saturated carbocycles. The zero-order valence-electron chi connectivity index (χ0n) is 75.1. The molecule has 0 unspecified atom stereocenters. The van der Waals surface area contributed by atoms with Crippen LogP contribution in [0.3, 0.4) is 0 Å². The van der Waals surface area contributed by atoms with Gasteiger partial charge in [0.1, 0.15) is 6.54 Å². The van der Waals surface area contributed by atoms with E-state index in [9.17, 15) is 51.5 Å². The highest BCUT2D eigenvalue weighted by atomic mass is 35.5. The van der Waals surface area contributed by atoms with Crippen molar-refractivity contribution in [2.24, 2.45) is 0 Å². The number of benzene rings is 12. The van der Waals surface area contributed by atoms with Crippen molar-refractivity contribution in [2.45, 2.75) is 50.9 Å². The molecule has 3 N–H and O–H groups in total. The summed E-state index contributed by atoms with van der Waals surface area (Å²) < 4.78 is 49.2. The zero-order chi connectivity index (χ0) is 97.4. The van der Waals surface area contributed by atoms with Gasteiger partial charge >= 0.3 is 6.18 Å². The van der Waals surface area contributed by atoms with E-state index in [-0.39, 0.29) is 51.6 Å². The number of rotatable bonds is 15. The third kappa shape index (κ3) is 20.1. The SMILES string of the molecule is Cc1cc(C(=O)NC2CC2)ccc1-n1c(=O)ccc2cnc3ccc(-c4ccc(Cl)cc4)cc3c21.O=C(NC1CC1)c1ccc(-n2c(=O)ccc3cnc4ccc(-c5ccc(Cl)cc5)cc4c32)cc1.O=C(NCC(F)(F)F)c1ccc(-n2c(=O)ccc3cnc4ccc(-c5ccc(Cl)cc5)cc4c32)cc1.O=C(c1ccc(-n2c(=O)ccc3cnc4ccc(-c5ccc(Cl)cc5)cc4c32)cc1)N1CCOCC1. The first-order valence-electron chi connectivity index (χ1n) is 45.4. The Labute approximate surface area is 822 Å². The molecule has 23 rings (SSSR count). The van der Waals surface area contributed by atoms with Gasteiger partial charge in [-0.05, 0) is 295 Å². The highest BCUT2D eigenvalue weighted by molar-refractivity contribution is 6.32. The molecule has 0 atom stereocenters. The number of halogens is 7. The van der Waals surface area contributed by atoms with Crippen LogP contribution in [0.15, 0.2) is 353 Å². The molecule has 141 heavy (non-hydrogen) atoms. The number of carbonyl (C=O) groups is 4. The number of aromatic nitrogens is 8. The van der Waals surface area contributed by atoms with Crippen molar-refractivity contribution in [1.82, 2.24) is 59.1 Å². The summed E-state index contributed by atoms with van der Waals surface area (Å²) in [5.41, 5.74) is 18.5. The number of aryl methyl sites for hydroxylation is 1. The fourth-order valence-electron chi connectivity index (χ4n) is 17.5. The number of ether oxygens (including phenoxy) is 1. The largest absolute Gasteiger partial charge is 0.405 e. The van der Waals surface area contributed by atoms with E-state index in [0.29, 0.717) is 97.2 Å². The Bertz CT molecular complexity index is 8640. The first-order valence-corrected chi connectivity index (χ1v) is 46.9. The standard InChI is InChI=1S/C29H22ClN3O3.C29H22ClN3O2.C28H20ClN3O2.C27H17ClF3N3O2/c30-23-7-1-19(2-8-23)21-5-11-26-25(17-21)28-22(18-31-26)6-12-27(34)33(28)24-9-3-20(4-10-24)29(35)32-13-15-36-16-14-32;1-17-14-20(29(35)32-23-9-10-23)5-12-26(17)33-27(34)13-6-21-16-31-25-11-4-19(15-24(25)28(21)33)18-2-7-22(30)8-3-18;29-21-7-1-17(2-8-21)19-5-13-25-24(15-19)27-20(16-30-25)6-14-26(33)32(27)23-11-3-18(4-12-23)28(34)31-22-9-10-22;28-20-7-1-16(2-8-20)18-5-11-23-22(13-18)25-19(14-32-23)6-12-24(35)34(25)21-9-3-17(4-10-21)26(36)33-15-27(29,30)31/h1-12,17-18H,13-16H2;2-8,11-16,23H,9-10H2,1H3,(H,32,35);1-8,11-16,22H,9-10H2,(H,31,34);1-14H,15H2,(H,33,36). The van der Waals surface area contributed by atoms with Gasteiger partial charge in [0.15, 0.2) is 0 Å². The third-order valence-corrected chi connectivity index (χ3v) is 26.0. The molecule has 0 radical (unpaired) electrons. The first kappa shape index (κ1) is 92.6. The lowest BCUT2D eigenvalue weighted by Gasteiger charge is -2.26. The summed E-state index contributed by atoms with van der Waals surface area (Å²) >= 11 is 24.2. The maximum absolute atomic E-state index is 13.2. The van der Waals surface area contributed by atoms with Gasteiger partial charge in [0, 0.05) is 177 Å². The molecule has 4 amide bonds. The van der Waals surface area contributed by atoms with Gasteiger partial charge < -0.3 is 25.6 Å². The predicted octanol–water partition coefficient (Wildman–Crippen LogP) is 23.3. The highest BCUT2D eigenvalue weighted by Crippen LogP contribution is 2.38. The number of morpholine rings is 1. The summed E-state index contributed by atoms with van der Waals surface area (Å²) in [7, 11) is 0. The first-order chi connectivity index (χ1) is 68.3. The molecule has 21 nitrogen and oxygen atoms in total. The molecule has 28 heteroatoms. The molecule has 696 valence electrons. The number of nitrogens with one attached hydrogen (secondary N) is 3. The average molecular weight is 1950 g/mol. The van der Waals surface area contributed by atoms with Gasteiger partial charge in [-0.25, -0.2) is 0 Å². The van der Waals surface area contributed by atoms with E-state index in [1.54, 1.807) is 122 Å². The predicted molar refractivity (Wildman–Crippen MR) is 552 cm³/mol. The Hall–Kier alpha value is -16.1. The fourth-order valence-corrected chi connectivity index (χ4v) is 18.0. The number of fused-ring (bicyclic) bond motifs is 12. The molecule has 3 aliphatic rings. The van der Waals surface area contributed by atoms with Crippen molar-refractivity contribution in [3.63, 3.8) is 0 Å². The summed E-state index contributed by atoms with van der Waals surface area (Å²) in [6, 6.07) is 93.7. The van der Waals surface area contributed by atoms with Gasteiger partial charge in [0.25, 0.3) is 45.9 Å². The molecule has 20 aromatic rings. The fraction of sp³-hybridized carbons (Fsp3) is 0.115. The Morgan fingerprint density at radius 3 is 0.950 bits per heavy atom. The lowest BCUT2D eigenvalue weighted by Crippen LogP contribution is -2.40. The van der Waals surface area contributed by atoms with Crippen LogP contribution in [0.2, 0.25) is 20.1 Å². The average Bonchev–Trinajstić information content (AvgIpc) is 1.50. The smallest absolute Gasteiger partial charge is 0.378 e. The minimum Gasteiger partial charge on any atom is -0.378 e. The number of carbonyl (C=O) groups excluding carboxylic acids is 4. The number of amides is 4. The van der Waals surface area contributed by atoms with Crippen molar-refractivity contribution in [2.75, 3.05) is 32.8 Å². The van der Waals surface area contributed by atoms with Crippen LogP contribution < -0.4 is 38.2 Å². The maximum Gasteiger partial charge on any atom is 0.405 e. The third-order valence-electron chi connectivity index (χ3n) is 25.0. The summed E-state index contributed by atoms with van der Waals surface area (Å²) in [4.78, 5) is 123. The van der Waals surface area contributed by atoms with Gasteiger partial charge in [0.05, 0.1) is 63.0 Å². The summed E-state index contributed by atoms with van der Waals surface area (Å²) in [5, 5.41) is 17.2. The quantitative estimate of drug-likeness (QED) is 0.0808. The van der Waals surface area contributed by atoms with Crippen molar-refractivity contribution in [3.8, 4) is 67.3 Å². The van der Waals surface area contributed by atoms with E-state index in [4.69, 9.17) is 51.1 Å². The number of nitrogens with zero attached hydrogens (tertiary/aromatic N) is 9. The molecule has 8 aromatic heterocycles. The van der Waals surface area contributed by atoms with Crippen LogP contribution in [0.25, 0.3) is 154 Å². The van der Waals surface area contributed by atoms with E-state index >= 15 is 0 Å². The van der Waals surface area contributed by atoms with Gasteiger partial charge in [-0.3, -0.25) is 76.6 Å². The number of alkyl halides is 3. The maximum atomic E-state index is 13.2. The molecule has 9 heterocycles. The van der Waals surface area contributed by atoms with Gasteiger partial charge in [0.2, 0.25) is 0 Å². The van der Waals surface area contributed by atoms with Crippen molar-refractivity contribution in [3.05, 3.63) is 423 Å². The Kier molecular flexibility index (Phi) is 25.9. The molecule has 1 saturated heterocycles. The molecule has 2 aliphatic carbocycles. The van der Waals surface area contributed by atoms with Crippen molar-refractivity contribution >= 4 is 157 Å². The molecular formula is C113H81Cl4F3N12O9. The Morgan fingerprint density at radius 2 is 0.631 bits per heavy atom. The number of hydrogen-bond donors (Lipinski definition) is 3. The van der Waals surface area contributed by atoms with Crippen LogP contribution >= 0.6 is 46.4 Å².